The van der Waals surface area contributed by atoms with E-state index in [0.29, 0.717) is 12.3 Å². The zero-order valence-corrected chi connectivity index (χ0v) is 11.8. The highest BCUT2D eigenvalue weighted by Crippen LogP contribution is 2.12. The second-order valence-corrected chi connectivity index (χ2v) is 4.72. The molecule has 1 aromatic rings. The number of amides is 2. The Hall–Kier alpha value is -2.08. The molecule has 0 aliphatic heterocycles. The minimum absolute atomic E-state index is 0.105. The highest BCUT2D eigenvalue weighted by molar-refractivity contribution is 5.84. The van der Waals surface area contributed by atoms with Crippen molar-refractivity contribution in [1.82, 2.24) is 4.90 Å². The first-order chi connectivity index (χ1) is 9.43. The summed E-state index contributed by atoms with van der Waals surface area (Å²) < 4.78 is 5.40. The van der Waals surface area contributed by atoms with Crippen LogP contribution in [-0.2, 0) is 16.1 Å². The molecular weight excluding hydrogens is 258 g/mol. The van der Waals surface area contributed by atoms with Gasteiger partial charge in [0.25, 0.3) is 5.91 Å². The zero-order chi connectivity index (χ0) is 15.1. The number of benzene rings is 1. The van der Waals surface area contributed by atoms with Gasteiger partial charge >= 0.3 is 0 Å². The van der Waals surface area contributed by atoms with E-state index >= 15 is 0 Å². The number of carbonyl (C=O) groups excluding carboxylic acids is 2. The normalized spacial score (nSPS) is 10.4. The summed E-state index contributed by atoms with van der Waals surface area (Å²) in [5.74, 6) is -0.237. The fraction of sp³-hybridized carbons (Fsp3) is 0.429. The monoisotopic (exact) mass is 279 g/mol. The van der Waals surface area contributed by atoms with Gasteiger partial charge in [0.15, 0.2) is 6.61 Å². The van der Waals surface area contributed by atoms with Gasteiger partial charge in [0, 0.05) is 12.6 Å². The minimum Gasteiger partial charge on any atom is -0.484 e. The van der Waals surface area contributed by atoms with Crippen molar-refractivity contribution < 1.29 is 14.3 Å². The number of carbonyl (C=O) groups is 2. The van der Waals surface area contributed by atoms with E-state index in [0.717, 1.165) is 5.56 Å². The first-order valence-corrected chi connectivity index (χ1v) is 6.43. The molecule has 0 saturated heterocycles. The van der Waals surface area contributed by atoms with Crippen LogP contribution in [0.4, 0.5) is 0 Å². The van der Waals surface area contributed by atoms with E-state index in [-0.39, 0.29) is 25.1 Å². The molecule has 2 amide bonds. The van der Waals surface area contributed by atoms with Crippen LogP contribution in [0, 0.1) is 0 Å². The standard InChI is InChI=1S/C14H21N3O3/c1-10(2)17(8-13(16)18)14(19)9-20-12-5-3-11(7-15)4-6-12/h3-6,10H,7-9,15H2,1-2H3,(H2,16,18). The van der Waals surface area contributed by atoms with Crippen molar-refractivity contribution in [1.29, 1.82) is 0 Å². The van der Waals surface area contributed by atoms with E-state index in [9.17, 15) is 9.59 Å². The molecule has 0 aliphatic carbocycles. The Morgan fingerprint density at radius 2 is 1.85 bits per heavy atom. The van der Waals surface area contributed by atoms with Crippen molar-refractivity contribution >= 4 is 11.8 Å². The summed E-state index contributed by atoms with van der Waals surface area (Å²) in [4.78, 5) is 24.3. The maximum Gasteiger partial charge on any atom is 0.261 e. The van der Waals surface area contributed by atoms with Crippen molar-refractivity contribution in [3.8, 4) is 5.75 Å². The second kappa shape index (κ2) is 7.49. The molecule has 6 heteroatoms. The molecular formula is C14H21N3O3. The third kappa shape index (κ3) is 4.89. The van der Waals surface area contributed by atoms with Gasteiger partial charge in [-0.3, -0.25) is 9.59 Å². The third-order valence-corrected chi connectivity index (χ3v) is 2.79. The molecule has 4 N–H and O–H groups in total. The molecule has 0 unspecified atom stereocenters. The van der Waals surface area contributed by atoms with E-state index in [1.807, 2.05) is 26.0 Å². The number of hydrogen-bond donors (Lipinski definition) is 2. The largest absolute Gasteiger partial charge is 0.484 e. The Bertz CT molecular complexity index is 457. The number of hydrogen-bond acceptors (Lipinski definition) is 4. The number of rotatable bonds is 7. The SMILES string of the molecule is CC(C)N(CC(N)=O)C(=O)COc1ccc(CN)cc1. The Morgan fingerprint density at radius 1 is 1.25 bits per heavy atom. The van der Waals surface area contributed by atoms with Crippen LogP contribution in [0.3, 0.4) is 0 Å². The summed E-state index contributed by atoms with van der Waals surface area (Å²) in [6.07, 6.45) is 0. The lowest BCUT2D eigenvalue weighted by atomic mass is 10.2. The minimum atomic E-state index is -0.542. The van der Waals surface area contributed by atoms with Gasteiger partial charge in [-0.2, -0.15) is 0 Å². The van der Waals surface area contributed by atoms with Crippen LogP contribution >= 0.6 is 0 Å². The van der Waals surface area contributed by atoms with Gasteiger partial charge in [-0.05, 0) is 31.5 Å². The van der Waals surface area contributed by atoms with Crippen LogP contribution in [0.15, 0.2) is 24.3 Å². The average molecular weight is 279 g/mol. The maximum absolute atomic E-state index is 12.0. The van der Waals surface area contributed by atoms with Gasteiger partial charge in [0.05, 0.1) is 6.54 Å². The molecule has 1 rings (SSSR count). The summed E-state index contributed by atoms with van der Waals surface area (Å²) in [7, 11) is 0. The van der Waals surface area contributed by atoms with Gasteiger partial charge in [-0.25, -0.2) is 0 Å². The lowest BCUT2D eigenvalue weighted by Crippen LogP contribution is -2.44. The summed E-state index contributed by atoms with van der Waals surface area (Å²) in [5, 5.41) is 0. The quantitative estimate of drug-likeness (QED) is 0.747. The Balaban J connectivity index is 2.57. The van der Waals surface area contributed by atoms with Crippen molar-refractivity contribution in [3.05, 3.63) is 29.8 Å². The van der Waals surface area contributed by atoms with Crippen LogP contribution < -0.4 is 16.2 Å². The molecule has 6 nitrogen and oxygen atoms in total. The lowest BCUT2D eigenvalue weighted by molar-refractivity contribution is -0.138. The van der Waals surface area contributed by atoms with Crippen molar-refractivity contribution in [2.24, 2.45) is 11.5 Å². The van der Waals surface area contributed by atoms with Crippen molar-refractivity contribution in [3.63, 3.8) is 0 Å². The fourth-order valence-electron chi connectivity index (χ4n) is 1.68. The Morgan fingerprint density at radius 3 is 2.30 bits per heavy atom. The van der Waals surface area contributed by atoms with Crippen LogP contribution in [0.2, 0.25) is 0 Å². The van der Waals surface area contributed by atoms with E-state index in [1.54, 1.807) is 12.1 Å². The van der Waals surface area contributed by atoms with E-state index in [1.165, 1.54) is 4.90 Å². The number of ether oxygens (including phenoxy) is 1. The Labute approximate surface area is 118 Å². The maximum atomic E-state index is 12.0. The van der Waals surface area contributed by atoms with Gasteiger partial charge in [0.2, 0.25) is 5.91 Å². The zero-order valence-electron chi connectivity index (χ0n) is 11.8. The molecule has 0 fully saturated rings. The smallest absolute Gasteiger partial charge is 0.261 e. The molecule has 0 spiro atoms. The molecule has 0 atom stereocenters. The first-order valence-electron chi connectivity index (χ1n) is 6.43. The van der Waals surface area contributed by atoms with Crippen LogP contribution in [0.1, 0.15) is 19.4 Å². The summed E-state index contributed by atoms with van der Waals surface area (Å²) in [6, 6.07) is 7.07. The summed E-state index contributed by atoms with van der Waals surface area (Å²) in [6.45, 7) is 3.85. The molecule has 0 heterocycles. The molecule has 0 saturated carbocycles. The first kappa shape index (κ1) is 16.0. The van der Waals surface area contributed by atoms with E-state index < -0.39 is 5.91 Å². The van der Waals surface area contributed by atoms with Gasteiger partial charge in [-0.15, -0.1) is 0 Å². The topological polar surface area (TPSA) is 98.6 Å². The number of nitrogens with zero attached hydrogens (tertiary/aromatic N) is 1. The highest BCUT2D eigenvalue weighted by atomic mass is 16.5. The molecule has 0 bridgehead atoms. The molecule has 20 heavy (non-hydrogen) atoms. The molecule has 0 aliphatic rings. The highest BCUT2D eigenvalue weighted by Gasteiger charge is 2.19. The second-order valence-electron chi connectivity index (χ2n) is 4.72. The summed E-state index contributed by atoms with van der Waals surface area (Å²) in [5.41, 5.74) is 11.6. The van der Waals surface area contributed by atoms with Crippen molar-refractivity contribution in [2.75, 3.05) is 13.2 Å². The van der Waals surface area contributed by atoms with Crippen molar-refractivity contribution in [2.45, 2.75) is 26.4 Å². The molecule has 0 radical (unpaired) electrons. The lowest BCUT2D eigenvalue weighted by Gasteiger charge is -2.25. The Kier molecular flexibility index (Phi) is 5.99. The van der Waals surface area contributed by atoms with Gasteiger partial charge in [0.1, 0.15) is 5.75 Å². The number of primary amides is 1. The average Bonchev–Trinajstić information content (AvgIpc) is 2.42. The van der Waals surface area contributed by atoms with Crippen LogP contribution in [0.5, 0.6) is 5.75 Å². The number of nitrogens with two attached hydrogens (primary N) is 2. The molecule has 110 valence electrons. The summed E-state index contributed by atoms with van der Waals surface area (Å²) >= 11 is 0. The third-order valence-electron chi connectivity index (χ3n) is 2.79. The van der Waals surface area contributed by atoms with Gasteiger partial charge < -0.3 is 21.1 Å². The molecule has 0 aromatic heterocycles. The predicted octanol–water partition coefficient (Wildman–Crippen LogP) is 0.246. The van der Waals surface area contributed by atoms with E-state index in [2.05, 4.69) is 0 Å². The fourth-order valence-corrected chi connectivity index (χ4v) is 1.68. The van der Waals surface area contributed by atoms with Crippen LogP contribution in [0.25, 0.3) is 0 Å². The van der Waals surface area contributed by atoms with E-state index in [4.69, 9.17) is 16.2 Å². The van der Waals surface area contributed by atoms with Crippen LogP contribution in [-0.4, -0.2) is 35.9 Å². The molecule has 1 aromatic carbocycles. The van der Waals surface area contributed by atoms with Gasteiger partial charge in [-0.1, -0.05) is 12.1 Å². The predicted molar refractivity (Wildman–Crippen MR) is 75.9 cm³/mol.